The molecule has 3 aromatic rings. The van der Waals surface area contributed by atoms with Crippen LogP contribution in [0.3, 0.4) is 0 Å². The molecular formula is C16H17ClN4O3S. The van der Waals surface area contributed by atoms with Crippen molar-refractivity contribution < 1.29 is 13.2 Å². The van der Waals surface area contributed by atoms with Crippen LogP contribution in [0.1, 0.15) is 5.82 Å². The van der Waals surface area contributed by atoms with Gasteiger partial charge in [0.15, 0.2) is 5.65 Å². The molecule has 1 aromatic carbocycles. The Morgan fingerprint density at radius 1 is 1.24 bits per heavy atom. The number of halogens is 1. The molecule has 0 amide bonds. The van der Waals surface area contributed by atoms with Crippen molar-refractivity contribution in [2.75, 3.05) is 13.7 Å². The van der Waals surface area contributed by atoms with E-state index in [1.165, 1.54) is 12.1 Å². The summed E-state index contributed by atoms with van der Waals surface area (Å²) in [4.78, 5) is 8.82. The zero-order chi connectivity index (χ0) is 17.9. The van der Waals surface area contributed by atoms with Crippen LogP contribution in [0.2, 0.25) is 5.02 Å². The van der Waals surface area contributed by atoms with Crippen molar-refractivity contribution in [2.24, 2.45) is 0 Å². The molecule has 3 rings (SSSR count). The van der Waals surface area contributed by atoms with Crippen LogP contribution in [0, 0.1) is 0 Å². The van der Waals surface area contributed by atoms with Gasteiger partial charge in [-0.3, -0.25) is 0 Å². The average molecular weight is 381 g/mol. The third-order valence-electron chi connectivity index (χ3n) is 3.65. The quantitative estimate of drug-likeness (QED) is 0.679. The van der Waals surface area contributed by atoms with Crippen molar-refractivity contribution in [2.45, 2.75) is 18.0 Å². The van der Waals surface area contributed by atoms with Gasteiger partial charge in [0.1, 0.15) is 16.2 Å². The Hall–Kier alpha value is -2.00. The molecule has 0 saturated carbocycles. The Morgan fingerprint density at radius 3 is 2.80 bits per heavy atom. The van der Waals surface area contributed by atoms with Gasteiger partial charge in [-0.15, -0.1) is 0 Å². The summed E-state index contributed by atoms with van der Waals surface area (Å²) in [7, 11) is -2.15. The van der Waals surface area contributed by atoms with Gasteiger partial charge in [-0.25, -0.2) is 23.1 Å². The lowest BCUT2D eigenvalue weighted by molar-refractivity contribution is 0.187. The van der Waals surface area contributed by atoms with E-state index in [4.69, 9.17) is 16.3 Å². The first-order chi connectivity index (χ1) is 12.0. The van der Waals surface area contributed by atoms with Crippen LogP contribution in [-0.4, -0.2) is 36.7 Å². The van der Waals surface area contributed by atoms with Gasteiger partial charge >= 0.3 is 0 Å². The number of nitrogens with one attached hydrogen (secondary N) is 1. The summed E-state index contributed by atoms with van der Waals surface area (Å²) in [5.74, 6) is 0.557. The largest absolute Gasteiger partial charge is 0.383 e. The summed E-state index contributed by atoms with van der Waals surface area (Å²) in [5, 5.41) is 0.171. The smallest absolute Gasteiger partial charge is 0.242 e. The van der Waals surface area contributed by atoms with Crippen molar-refractivity contribution in [1.29, 1.82) is 0 Å². The third kappa shape index (κ3) is 3.82. The summed E-state index contributed by atoms with van der Waals surface area (Å²) >= 11 is 5.99. The van der Waals surface area contributed by atoms with E-state index >= 15 is 0 Å². The molecule has 1 N–H and O–H groups in total. The number of nitrogens with zero attached hydrogens (tertiary/aromatic N) is 3. The fourth-order valence-electron chi connectivity index (χ4n) is 2.46. The maximum absolute atomic E-state index is 12.5. The van der Waals surface area contributed by atoms with E-state index in [9.17, 15) is 8.42 Å². The minimum Gasteiger partial charge on any atom is -0.383 e. The van der Waals surface area contributed by atoms with Crippen LogP contribution in [0.15, 0.2) is 47.5 Å². The average Bonchev–Trinajstić information content (AvgIpc) is 2.96. The minimum atomic E-state index is -3.75. The van der Waals surface area contributed by atoms with E-state index in [1.807, 2.05) is 10.6 Å². The van der Waals surface area contributed by atoms with Crippen LogP contribution in [0.25, 0.3) is 11.2 Å². The molecule has 0 aliphatic rings. The highest BCUT2D eigenvalue weighted by Gasteiger charge is 2.19. The number of benzene rings is 1. The number of pyridine rings is 1. The van der Waals surface area contributed by atoms with Gasteiger partial charge in [0, 0.05) is 19.9 Å². The second-order valence-electron chi connectivity index (χ2n) is 5.27. The summed E-state index contributed by atoms with van der Waals surface area (Å²) in [6.45, 7) is 1.01. The van der Waals surface area contributed by atoms with E-state index in [2.05, 4.69) is 14.7 Å². The van der Waals surface area contributed by atoms with E-state index in [0.717, 1.165) is 0 Å². The minimum absolute atomic E-state index is 0.0215. The van der Waals surface area contributed by atoms with Crippen molar-refractivity contribution in [3.63, 3.8) is 0 Å². The zero-order valence-corrected chi connectivity index (χ0v) is 15.1. The molecule has 0 atom stereocenters. The van der Waals surface area contributed by atoms with Gasteiger partial charge in [-0.2, -0.15) is 0 Å². The first-order valence-electron chi connectivity index (χ1n) is 7.56. The number of imidazole rings is 1. The monoisotopic (exact) mass is 380 g/mol. The Balaban J connectivity index is 1.89. The molecule has 2 aromatic heterocycles. The predicted octanol–water partition coefficient (Wildman–Crippen LogP) is 2.21. The molecule has 0 fully saturated rings. The van der Waals surface area contributed by atoms with Crippen LogP contribution < -0.4 is 4.72 Å². The Morgan fingerprint density at radius 2 is 2.04 bits per heavy atom. The summed E-state index contributed by atoms with van der Waals surface area (Å²) in [6.07, 6.45) is 1.67. The lowest BCUT2D eigenvalue weighted by Gasteiger charge is -2.10. The first-order valence-corrected chi connectivity index (χ1v) is 9.42. The normalized spacial score (nSPS) is 11.9. The third-order valence-corrected chi connectivity index (χ3v) is 5.55. The van der Waals surface area contributed by atoms with Gasteiger partial charge in [0.2, 0.25) is 10.0 Å². The SMILES string of the molecule is COCCn1c(CNS(=O)(=O)c2ccccc2Cl)nc2cccnc21. The molecule has 0 spiro atoms. The molecule has 0 saturated heterocycles. The fraction of sp³-hybridized carbons (Fsp3) is 0.250. The number of methoxy groups -OCH3 is 1. The van der Waals surface area contributed by atoms with Gasteiger partial charge < -0.3 is 9.30 Å². The summed E-state index contributed by atoms with van der Waals surface area (Å²) < 4.78 is 34.5. The van der Waals surface area contributed by atoms with Crippen molar-refractivity contribution in [3.8, 4) is 0 Å². The van der Waals surface area contributed by atoms with Gasteiger partial charge in [0.05, 0.1) is 18.2 Å². The van der Waals surface area contributed by atoms with Gasteiger partial charge in [0.25, 0.3) is 0 Å². The van der Waals surface area contributed by atoms with Crippen molar-refractivity contribution >= 4 is 32.8 Å². The van der Waals surface area contributed by atoms with E-state index in [0.29, 0.717) is 30.1 Å². The first kappa shape index (κ1) is 17.8. The molecule has 0 unspecified atom stereocenters. The zero-order valence-electron chi connectivity index (χ0n) is 13.5. The highest BCUT2D eigenvalue weighted by molar-refractivity contribution is 7.89. The topological polar surface area (TPSA) is 86.1 Å². The number of sulfonamides is 1. The highest BCUT2D eigenvalue weighted by atomic mass is 35.5. The number of ether oxygens (including phenoxy) is 1. The molecule has 7 nitrogen and oxygen atoms in total. The molecule has 9 heteroatoms. The Labute approximate surface area is 150 Å². The highest BCUT2D eigenvalue weighted by Crippen LogP contribution is 2.21. The van der Waals surface area contributed by atoms with Crippen LogP contribution in [0.4, 0.5) is 0 Å². The lowest BCUT2D eigenvalue weighted by Crippen LogP contribution is -2.25. The lowest BCUT2D eigenvalue weighted by atomic mass is 10.4. The maximum Gasteiger partial charge on any atom is 0.242 e. The number of fused-ring (bicyclic) bond motifs is 1. The second kappa shape index (κ2) is 7.49. The van der Waals surface area contributed by atoms with E-state index in [-0.39, 0.29) is 16.5 Å². The van der Waals surface area contributed by atoms with E-state index < -0.39 is 10.0 Å². The molecule has 0 aliphatic carbocycles. The molecule has 0 radical (unpaired) electrons. The van der Waals surface area contributed by atoms with Crippen molar-refractivity contribution in [1.82, 2.24) is 19.3 Å². The Kier molecular flexibility index (Phi) is 5.33. The van der Waals surface area contributed by atoms with Gasteiger partial charge in [-0.05, 0) is 24.3 Å². The maximum atomic E-state index is 12.5. The van der Waals surface area contributed by atoms with Gasteiger partial charge in [-0.1, -0.05) is 23.7 Å². The number of rotatable bonds is 7. The standard InChI is InChI=1S/C16H17ClN4O3S/c1-24-10-9-21-15(20-13-6-4-8-18-16(13)21)11-19-25(22,23)14-7-3-2-5-12(14)17/h2-8,19H,9-11H2,1H3. The van der Waals surface area contributed by atoms with Crippen molar-refractivity contribution in [3.05, 3.63) is 53.4 Å². The van der Waals surface area contributed by atoms with E-state index in [1.54, 1.807) is 31.5 Å². The molecule has 0 aliphatic heterocycles. The molecule has 25 heavy (non-hydrogen) atoms. The number of hydrogen-bond donors (Lipinski definition) is 1. The molecule has 0 bridgehead atoms. The molecular weight excluding hydrogens is 364 g/mol. The summed E-state index contributed by atoms with van der Waals surface area (Å²) in [6, 6.07) is 9.91. The second-order valence-corrected chi connectivity index (χ2v) is 7.42. The summed E-state index contributed by atoms with van der Waals surface area (Å²) in [5.41, 5.74) is 1.39. The van der Waals surface area contributed by atoms with Crippen LogP contribution in [-0.2, 0) is 27.8 Å². The molecule has 2 heterocycles. The Bertz CT molecular complexity index is 988. The molecule has 132 valence electrons. The fourth-order valence-corrected chi connectivity index (χ4v) is 3.96. The number of aromatic nitrogens is 3. The van der Waals surface area contributed by atoms with Crippen LogP contribution >= 0.6 is 11.6 Å². The predicted molar refractivity (Wildman–Crippen MR) is 94.9 cm³/mol. The number of hydrogen-bond acceptors (Lipinski definition) is 5. The van der Waals surface area contributed by atoms with Crippen LogP contribution in [0.5, 0.6) is 0 Å².